The molecule has 0 atom stereocenters. The number of amides is 1. The van der Waals surface area contributed by atoms with Crippen molar-refractivity contribution in [3.05, 3.63) is 59.4 Å². The van der Waals surface area contributed by atoms with Gasteiger partial charge in [0, 0.05) is 12.1 Å². The number of nitrogens with one attached hydrogen (secondary N) is 2. The van der Waals surface area contributed by atoms with Crippen molar-refractivity contribution in [1.82, 2.24) is 5.32 Å². The van der Waals surface area contributed by atoms with Crippen LogP contribution in [-0.2, 0) is 10.0 Å². The first kappa shape index (κ1) is 18.8. The van der Waals surface area contributed by atoms with Crippen molar-refractivity contribution in [3.63, 3.8) is 0 Å². The van der Waals surface area contributed by atoms with E-state index in [2.05, 4.69) is 5.32 Å². The second-order valence-corrected chi connectivity index (χ2v) is 6.79. The molecule has 0 aliphatic carbocycles. The summed E-state index contributed by atoms with van der Waals surface area (Å²) in [5.74, 6) is -5.20. The number of benzene rings is 2. The van der Waals surface area contributed by atoms with E-state index in [0.717, 1.165) is 24.6 Å². The van der Waals surface area contributed by atoms with Gasteiger partial charge in [-0.3, -0.25) is 9.52 Å². The Hall–Kier alpha value is -2.55. The highest BCUT2D eigenvalue weighted by Gasteiger charge is 2.20. The minimum atomic E-state index is -4.24. The molecule has 2 rings (SSSR count). The number of carbonyl (C=O) groups is 1. The molecule has 0 aliphatic rings. The standard InChI is InChI=1S/C16H15F3N2O3S/c1-2-9-20-16(22)10-3-5-11(6-4-10)25(23,24)21-13-8-7-12(17)14(18)15(13)19/h3-8,21H,2,9H2,1H3,(H,20,22). The van der Waals surface area contributed by atoms with Gasteiger partial charge in [-0.2, -0.15) is 0 Å². The molecule has 0 radical (unpaired) electrons. The van der Waals surface area contributed by atoms with Gasteiger partial charge >= 0.3 is 0 Å². The van der Waals surface area contributed by atoms with E-state index in [4.69, 9.17) is 0 Å². The summed E-state index contributed by atoms with van der Waals surface area (Å²) in [6.45, 7) is 2.37. The van der Waals surface area contributed by atoms with E-state index in [1.807, 2.05) is 11.6 Å². The third-order valence-electron chi connectivity index (χ3n) is 3.24. The zero-order valence-electron chi connectivity index (χ0n) is 13.1. The number of rotatable bonds is 6. The minimum absolute atomic E-state index is 0.256. The van der Waals surface area contributed by atoms with Gasteiger partial charge in [-0.25, -0.2) is 21.6 Å². The summed E-state index contributed by atoms with van der Waals surface area (Å²) in [7, 11) is -4.24. The van der Waals surface area contributed by atoms with Crippen molar-refractivity contribution < 1.29 is 26.4 Å². The Morgan fingerprint density at radius 1 is 1.00 bits per heavy atom. The molecule has 0 saturated carbocycles. The predicted octanol–water partition coefficient (Wildman–Crippen LogP) is 3.04. The molecule has 9 heteroatoms. The van der Waals surface area contributed by atoms with Gasteiger partial charge in [0.2, 0.25) is 0 Å². The van der Waals surface area contributed by atoms with Crippen LogP contribution in [0.1, 0.15) is 23.7 Å². The molecule has 0 unspecified atom stereocenters. The Bertz CT molecular complexity index is 884. The maximum atomic E-state index is 13.6. The molecule has 0 aromatic heterocycles. The Labute approximate surface area is 142 Å². The van der Waals surface area contributed by atoms with E-state index in [0.29, 0.717) is 12.6 Å². The van der Waals surface area contributed by atoms with Crippen LogP contribution in [0.3, 0.4) is 0 Å². The van der Waals surface area contributed by atoms with Crippen molar-refractivity contribution in [3.8, 4) is 0 Å². The van der Waals surface area contributed by atoms with Gasteiger partial charge in [-0.05, 0) is 42.8 Å². The summed E-state index contributed by atoms with van der Waals surface area (Å²) in [6, 6.07) is 6.28. The Morgan fingerprint density at radius 3 is 2.24 bits per heavy atom. The first-order valence-corrected chi connectivity index (χ1v) is 8.79. The highest BCUT2D eigenvalue weighted by Crippen LogP contribution is 2.23. The van der Waals surface area contributed by atoms with Gasteiger partial charge in [-0.15, -0.1) is 0 Å². The van der Waals surface area contributed by atoms with E-state index >= 15 is 0 Å². The average Bonchev–Trinajstić information content (AvgIpc) is 2.60. The van der Waals surface area contributed by atoms with Crippen LogP contribution in [0.15, 0.2) is 41.3 Å². The van der Waals surface area contributed by atoms with Crippen LogP contribution in [0.4, 0.5) is 18.9 Å². The number of carbonyl (C=O) groups excluding carboxylic acids is 1. The molecular formula is C16H15F3N2O3S. The minimum Gasteiger partial charge on any atom is -0.352 e. The van der Waals surface area contributed by atoms with Crippen molar-refractivity contribution in [2.45, 2.75) is 18.2 Å². The van der Waals surface area contributed by atoms with Crippen molar-refractivity contribution in [2.75, 3.05) is 11.3 Å². The van der Waals surface area contributed by atoms with Crippen LogP contribution < -0.4 is 10.0 Å². The van der Waals surface area contributed by atoms with Gasteiger partial charge in [0.05, 0.1) is 10.6 Å². The van der Waals surface area contributed by atoms with Gasteiger partial charge in [-0.1, -0.05) is 6.92 Å². The van der Waals surface area contributed by atoms with Crippen LogP contribution in [0.25, 0.3) is 0 Å². The fraction of sp³-hybridized carbons (Fsp3) is 0.188. The first-order valence-electron chi connectivity index (χ1n) is 7.31. The Balaban J connectivity index is 2.23. The molecule has 0 spiro atoms. The van der Waals surface area contributed by atoms with Crippen LogP contribution in [-0.4, -0.2) is 20.9 Å². The molecule has 0 fully saturated rings. The lowest BCUT2D eigenvalue weighted by Gasteiger charge is -2.10. The normalized spacial score (nSPS) is 11.2. The smallest absolute Gasteiger partial charge is 0.261 e. The number of sulfonamides is 1. The summed E-state index contributed by atoms with van der Waals surface area (Å²) in [5.41, 5.74) is -0.463. The number of hydrogen-bond donors (Lipinski definition) is 2. The number of anilines is 1. The van der Waals surface area contributed by atoms with Gasteiger partial charge in [0.1, 0.15) is 0 Å². The molecule has 2 aromatic carbocycles. The van der Waals surface area contributed by atoms with E-state index in [1.54, 1.807) is 0 Å². The number of hydrogen-bond acceptors (Lipinski definition) is 3. The third-order valence-corrected chi connectivity index (χ3v) is 4.62. The first-order chi connectivity index (χ1) is 11.8. The molecule has 0 aliphatic heterocycles. The second-order valence-electron chi connectivity index (χ2n) is 5.11. The topological polar surface area (TPSA) is 75.3 Å². The maximum Gasteiger partial charge on any atom is 0.261 e. The summed E-state index contributed by atoms with van der Waals surface area (Å²) in [4.78, 5) is 11.5. The molecular weight excluding hydrogens is 357 g/mol. The van der Waals surface area contributed by atoms with Crippen LogP contribution >= 0.6 is 0 Å². The summed E-state index contributed by atoms with van der Waals surface area (Å²) in [6.07, 6.45) is 0.752. The van der Waals surface area contributed by atoms with Crippen molar-refractivity contribution in [1.29, 1.82) is 0 Å². The lowest BCUT2D eigenvalue weighted by atomic mass is 10.2. The molecule has 134 valence electrons. The van der Waals surface area contributed by atoms with E-state index in [1.165, 1.54) is 12.1 Å². The summed E-state index contributed by atoms with van der Waals surface area (Å²) < 4.78 is 65.9. The van der Waals surface area contributed by atoms with Gasteiger partial charge in [0.15, 0.2) is 17.5 Å². The molecule has 25 heavy (non-hydrogen) atoms. The van der Waals surface area contributed by atoms with Gasteiger partial charge < -0.3 is 5.32 Å². The highest BCUT2D eigenvalue weighted by atomic mass is 32.2. The largest absolute Gasteiger partial charge is 0.352 e. The molecule has 0 bridgehead atoms. The van der Waals surface area contributed by atoms with Crippen molar-refractivity contribution in [2.24, 2.45) is 0 Å². The number of halogens is 3. The molecule has 0 saturated heterocycles. The monoisotopic (exact) mass is 372 g/mol. The summed E-state index contributed by atoms with van der Waals surface area (Å²) >= 11 is 0. The predicted molar refractivity (Wildman–Crippen MR) is 86.2 cm³/mol. The molecule has 2 N–H and O–H groups in total. The van der Waals surface area contributed by atoms with Crippen LogP contribution in [0.5, 0.6) is 0 Å². The fourth-order valence-corrected chi connectivity index (χ4v) is 2.99. The zero-order chi connectivity index (χ0) is 18.6. The maximum absolute atomic E-state index is 13.6. The Kier molecular flexibility index (Phi) is 5.68. The fourth-order valence-electron chi connectivity index (χ4n) is 1.93. The average molecular weight is 372 g/mol. The molecule has 1 amide bonds. The van der Waals surface area contributed by atoms with Crippen LogP contribution in [0, 0.1) is 17.5 Å². The van der Waals surface area contributed by atoms with Crippen molar-refractivity contribution >= 4 is 21.6 Å². The summed E-state index contributed by atoms with van der Waals surface area (Å²) in [5, 5.41) is 2.63. The molecule has 0 heterocycles. The van der Waals surface area contributed by atoms with Crippen LogP contribution in [0.2, 0.25) is 0 Å². The van der Waals surface area contributed by atoms with E-state index in [9.17, 15) is 26.4 Å². The highest BCUT2D eigenvalue weighted by molar-refractivity contribution is 7.92. The lowest BCUT2D eigenvalue weighted by molar-refractivity contribution is 0.0953. The molecule has 2 aromatic rings. The van der Waals surface area contributed by atoms with Gasteiger partial charge in [0.25, 0.3) is 15.9 Å². The van der Waals surface area contributed by atoms with E-state index < -0.39 is 33.2 Å². The Morgan fingerprint density at radius 2 is 1.64 bits per heavy atom. The lowest BCUT2D eigenvalue weighted by Crippen LogP contribution is -2.24. The second kappa shape index (κ2) is 7.56. The SMILES string of the molecule is CCCNC(=O)c1ccc(S(=O)(=O)Nc2ccc(F)c(F)c2F)cc1. The molecule has 5 nitrogen and oxygen atoms in total. The third kappa shape index (κ3) is 4.30. The quantitative estimate of drug-likeness (QED) is 0.766. The zero-order valence-corrected chi connectivity index (χ0v) is 14.0. The van der Waals surface area contributed by atoms with E-state index in [-0.39, 0.29) is 16.4 Å².